The molecule has 0 aromatic heterocycles. The van der Waals surface area contributed by atoms with E-state index in [0.29, 0.717) is 24.2 Å². The average molecular weight is 297 g/mol. The summed E-state index contributed by atoms with van der Waals surface area (Å²) in [5.74, 6) is 0. The Morgan fingerprint density at radius 2 is 1.90 bits per heavy atom. The fraction of sp³-hybridized carbons (Fsp3) is 0.538. The van der Waals surface area contributed by atoms with Gasteiger partial charge in [-0.15, -0.1) is 0 Å². The number of nitro groups is 2. The number of hydrogen-bond acceptors (Lipinski definition) is 6. The summed E-state index contributed by atoms with van der Waals surface area (Å²) >= 11 is 0. The van der Waals surface area contributed by atoms with Crippen molar-refractivity contribution in [3.05, 3.63) is 37.4 Å². The van der Waals surface area contributed by atoms with Gasteiger partial charge >= 0.3 is 5.69 Å². The Balaban J connectivity index is 3.34. The third kappa shape index (κ3) is 3.88. The predicted octanol–water partition coefficient (Wildman–Crippen LogP) is 2.96. The summed E-state index contributed by atoms with van der Waals surface area (Å²) in [7, 11) is 1.55. The van der Waals surface area contributed by atoms with Crippen LogP contribution in [0, 0.1) is 34.1 Å². The molecule has 8 nitrogen and oxygen atoms in total. The van der Waals surface area contributed by atoms with Gasteiger partial charge in [-0.2, -0.15) is 0 Å². The molecule has 1 atom stereocenters. The van der Waals surface area contributed by atoms with E-state index in [0.717, 1.165) is 0 Å². The molecular formula is C13H19N3O5. The van der Waals surface area contributed by atoms with Gasteiger partial charge in [0.05, 0.1) is 9.85 Å². The van der Waals surface area contributed by atoms with E-state index in [1.54, 1.807) is 27.9 Å². The first-order valence-electron chi connectivity index (χ1n) is 6.48. The van der Waals surface area contributed by atoms with E-state index in [1.165, 1.54) is 6.07 Å². The summed E-state index contributed by atoms with van der Waals surface area (Å²) in [5, 5.41) is 25.3. The maximum atomic E-state index is 11.3. The molecule has 0 saturated carbocycles. The van der Waals surface area contributed by atoms with Crippen LogP contribution < -0.4 is 5.32 Å². The number of nitrogens with one attached hydrogen (secondary N) is 1. The lowest BCUT2D eigenvalue weighted by Crippen LogP contribution is -2.19. The molecule has 0 aliphatic carbocycles. The van der Waals surface area contributed by atoms with E-state index in [2.05, 4.69) is 5.32 Å². The maximum absolute atomic E-state index is 11.3. The highest BCUT2D eigenvalue weighted by Gasteiger charge is 2.29. The van der Waals surface area contributed by atoms with Crippen molar-refractivity contribution in [1.82, 2.24) is 0 Å². The Morgan fingerprint density at radius 3 is 2.38 bits per heavy atom. The third-order valence-electron chi connectivity index (χ3n) is 3.32. The van der Waals surface area contributed by atoms with Gasteiger partial charge in [-0.25, -0.2) is 0 Å². The first-order valence-corrected chi connectivity index (χ1v) is 6.48. The van der Waals surface area contributed by atoms with E-state index < -0.39 is 9.85 Å². The van der Waals surface area contributed by atoms with Crippen molar-refractivity contribution in [2.24, 2.45) is 0 Å². The smallest absolute Gasteiger partial charge is 0.302 e. The Morgan fingerprint density at radius 1 is 1.29 bits per heavy atom. The Labute approximate surface area is 122 Å². The van der Waals surface area contributed by atoms with Crippen molar-refractivity contribution in [2.45, 2.75) is 33.2 Å². The van der Waals surface area contributed by atoms with Crippen LogP contribution in [0.25, 0.3) is 0 Å². The van der Waals surface area contributed by atoms with Crippen molar-refractivity contribution in [3.63, 3.8) is 0 Å². The fourth-order valence-electron chi connectivity index (χ4n) is 2.01. The summed E-state index contributed by atoms with van der Waals surface area (Å²) in [6.07, 6.45) is 0.581. The normalized spacial score (nSPS) is 12.0. The second-order valence-electron chi connectivity index (χ2n) is 4.90. The van der Waals surface area contributed by atoms with Crippen LogP contribution in [0.3, 0.4) is 0 Å². The lowest BCUT2D eigenvalue weighted by molar-refractivity contribution is -0.392. The molecular weight excluding hydrogens is 278 g/mol. The van der Waals surface area contributed by atoms with E-state index in [1.807, 2.05) is 0 Å². The summed E-state index contributed by atoms with van der Waals surface area (Å²) in [6, 6.07) is 1.16. The van der Waals surface area contributed by atoms with Gasteiger partial charge in [-0.3, -0.25) is 20.2 Å². The van der Waals surface area contributed by atoms with Crippen molar-refractivity contribution < 1.29 is 14.6 Å². The zero-order valence-electron chi connectivity index (χ0n) is 12.5. The highest BCUT2D eigenvalue weighted by atomic mass is 16.6. The lowest BCUT2D eigenvalue weighted by atomic mass is 10.0. The van der Waals surface area contributed by atoms with E-state index in [-0.39, 0.29) is 23.1 Å². The minimum Gasteiger partial charge on any atom is -0.385 e. The highest BCUT2D eigenvalue weighted by molar-refractivity contribution is 5.77. The molecule has 0 spiro atoms. The molecule has 0 fully saturated rings. The second-order valence-corrected chi connectivity index (χ2v) is 4.90. The lowest BCUT2D eigenvalue weighted by Gasteiger charge is -2.16. The molecule has 0 saturated heterocycles. The van der Waals surface area contributed by atoms with Gasteiger partial charge in [0.2, 0.25) is 0 Å². The summed E-state index contributed by atoms with van der Waals surface area (Å²) in [5.41, 5.74) is 0.368. The van der Waals surface area contributed by atoms with Gasteiger partial charge in [0.15, 0.2) is 5.69 Å². The van der Waals surface area contributed by atoms with Crippen LogP contribution in [0.1, 0.15) is 24.5 Å². The van der Waals surface area contributed by atoms with Gasteiger partial charge in [-0.05, 0) is 32.8 Å². The van der Waals surface area contributed by atoms with Crippen molar-refractivity contribution >= 4 is 17.1 Å². The number of nitro benzene ring substituents is 2. The number of anilines is 1. The van der Waals surface area contributed by atoms with E-state index in [4.69, 9.17) is 4.74 Å². The van der Waals surface area contributed by atoms with Gasteiger partial charge in [-0.1, -0.05) is 0 Å². The fourth-order valence-corrected chi connectivity index (χ4v) is 2.01. The Bertz CT molecular complexity index is 559. The van der Waals surface area contributed by atoms with Crippen molar-refractivity contribution in [2.75, 3.05) is 19.0 Å². The van der Waals surface area contributed by atoms with Gasteiger partial charge in [0, 0.05) is 31.4 Å². The number of ether oxygens (including phenoxy) is 1. The topological polar surface area (TPSA) is 108 Å². The van der Waals surface area contributed by atoms with Crippen LogP contribution in [0.2, 0.25) is 0 Å². The molecule has 0 heterocycles. The molecule has 21 heavy (non-hydrogen) atoms. The number of methoxy groups -OCH3 is 1. The molecule has 0 radical (unpaired) electrons. The average Bonchev–Trinajstić information content (AvgIpc) is 2.39. The minimum atomic E-state index is -0.606. The van der Waals surface area contributed by atoms with Crippen molar-refractivity contribution in [3.8, 4) is 0 Å². The van der Waals surface area contributed by atoms with Crippen LogP contribution in [0.4, 0.5) is 17.1 Å². The zero-order valence-corrected chi connectivity index (χ0v) is 12.5. The summed E-state index contributed by atoms with van der Waals surface area (Å²) in [4.78, 5) is 21.3. The van der Waals surface area contributed by atoms with Crippen LogP contribution in [-0.4, -0.2) is 29.6 Å². The molecule has 1 aromatic rings. The Kier molecular flexibility index (Phi) is 5.60. The zero-order chi connectivity index (χ0) is 16.2. The highest BCUT2D eigenvalue weighted by Crippen LogP contribution is 2.39. The largest absolute Gasteiger partial charge is 0.385 e. The van der Waals surface area contributed by atoms with Crippen LogP contribution in [-0.2, 0) is 4.74 Å². The molecule has 8 heteroatoms. The van der Waals surface area contributed by atoms with Crippen LogP contribution in [0.15, 0.2) is 6.07 Å². The Hall–Kier alpha value is -2.22. The monoisotopic (exact) mass is 297 g/mol. The first-order chi connectivity index (χ1) is 9.79. The second kappa shape index (κ2) is 6.98. The molecule has 1 rings (SSSR count). The molecule has 116 valence electrons. The standard InChI is InChI=1S/C13H19N3O5/c1-8-7-11(15(17)18)12(13(10(8)3)16(19)20)14-9(2)5-6-21-4/h7,9,14H,5-6H2,1-4H3. The number of nitrogens with zero attached hydrogens (tertiary/aromatic N) is 2. The third-order valence-corrected chi connectivity index (χ3v) is 3.32. The van der Waals surface area contributed by atoms with Gasteiger partial charge in [0.25, 0.3) is 5.69 Å². The minimum absolute atomic E-state index is 0.0447. The van der Waals surface area contributed by atoms with Gasteiger partial charge < -0.3 is 10.1 Å². The molecule has 0 aliphatic rings. The maximum Gasteiger partial charge on any atom is 0.302 e. The van der Waals surface area contributed by atoms with E-state index >= 15 is 0 Å². The van der Waals surface area contributed by atoms with Crippen LogP contribution in [0.5, 0.6) is 0 Å². The van der Waals surface area contributed by atoms with Crippen molar-refractivity contribution in [1.29, 1.82) is 0 Å². The summed E-state index contributed by atoms with van der Waals surface area (Å²) < 4.78 is 4.94. The van der Waals surface area contributed by atoms with E-state index in [9.17, 15) is 20.2 Å². The number of hydrogen-bond donors (Lipinski definition) is 1. The molecule has 0 aliphatic heterocycles. The number of rotatable bonds is 7. The molecule has 1 N–H and O–H groups in total. The van der Waals surface area contributed by atoms with Gasteiger partial charge in [0.1, 0.15) is 0 Å². The van der Waals surface area contributed by atoms with Crippen LogP contribution >= 0.6 is 0 Å². The SMILES string of the molecule is COCCC(C)Nc1c([N+](=O)[O-])cc(C)c(C)c1[N+](=O)[O-]. The molecule has 0 bridgehead atoms. The summed E-state index contributed by atoms with van der Waals surface area (Å²) in [6.45, 7) is 5.46. The number of benzene rings is 1. The molecule has 0 amide bonds. The molecule has 1 aromatic carbocycles. The number of aryl methyl sites for hydroxylation is 1. The first kappa shape index (κ1) is 16.8. The predicted molar refractivity (Wildman–Crippen MR) is 78.8 cm³/mol. The quantitative estimate of drug-likeness (QED) is 0.612. The molecule has 1 unspecified atom stereocenters.